The number of nitrogens with one attached hydrogen (secondary N) is 1. The third-order valence-electron chi connectivity index (χ3n) is 3.28. The van der Waals surface area contributed by atoms with Gasteiger partial charge in [0.25, 0.3) is 0 Å². The van der Waals surface area contributed by atoms with E-state index in [4.69, 9.17) is 4.74 Å². The van der Waals surface area contributed by atoms with Crippen LogP contribution in [0.3, 0.4) is 0 Å². The first-order valence-electron chi connectivity index (χ1n) is 6.61. The maximum Gasteiger partial charge on any atom is 0.164 e. The van der Waals surface area contributed by atoms with Gasteiger partial charge in [-0.15, -0.1) is 0 Å². The van der Waals surface area contributed by atoms with Gasteiger partial charge in [0.05, 0.1) is 12.8 Å². The fourth-order valence-electron chi connectivity index (χ4n) is 2.28. The predicted molar refractivity (Wildman–Crippen MR) is 69.9 cm³/mol. The summed E-state index contributed by atoms with van der Waals surface area (Å²) in [7, 11) is 0. The third-order valence-corrected chi connectivity index (χ3v) is 3.28. The van der Waals surface area contributed by atoms with Crippen LogP contribution in [-0.4, -0.2) is 30.5 Å². The highest BCUT2D eigenvalue weighted by molar-refractivity contribution is 5.96. The smallest absolute Gasteiger partial charge is 0.164 e. The highest BCUT2D eigenvalue weighted by atomic mass is 16.5. The molecule has 2 rings (SSSR count). The molecule has 0 amide bonds. The molecule has 4 nitrogen and oxygen atoms in total. The fourth-order valence-corrected chi connectivity index (χ4v) is 2.28. The largest absolute Gasteiger partial charge is 0.492 e. The van der Waals surface area contributed by atoms with Crippen LogP contribution in [0.15, 0.2) is 18.5 Å². The minimum Gasteiger partial charge on any atom is -0.492 e. The Morgan fingerprint density at radius 1 is 1.44 bits per heavy atom. The van der Waals surface area contributed by atoms with Crippen LogP contribution in [-0.2, 0) is 0 Å². The number of hydrogen-bond donors (Lipinski definition) is 1. The van der Waals surface area contributed by atoms with Gasteiger partial charge < -0.3 is 10.1 Å². The second-order valence-corrected chi connectivity index (χ2v) is 4.66. The zero-order valence-corrected chi connectivity index (χ0v) is 10.8. The minimum absolute atomic E-state index is 0.177. The fraction of sp³-hybridized carbons (Fsp3) is 0.571. The van der Waals surface area contributed by atoms with Crippen LogP contribution >= 0.6 is 0 Å². The Labute approximate surface area is 108 Å². The first-order chi connectivity index (χ1) is 8.79. The number of nitrogens with zero attached hydrogens (tertiary/aromatic N) is 1. The van der Waals surface area contributed by atoms with E-state index in [1.165, 1.54) is 0 Å². The molecule has 0 spiro atoms. The van der Waals surface area contributed by atoms with E-state index in [9.17, 15) is 4.79 Å². The summed E-state index contributed by atoms with van der Waals surface area (Å²) in [4.78, 5) is 16.2. The van der Waals surface area contributed by atoms with Crippen molar-refractivity contribution in [2.45, 2.75) is 26.2 Å². The van der Waals surface area contributed by atoms with Crippen molar-refractivity contribution in [2.75, 3.05) is 19.7 Å². The van der Waals surface area contributed by atoms with Crippen LogP contribution in [0.5, 0.6) is 5.75 Å². The molecule has 0 saturated carbocycles. The summed E-state index contributed by atoms with van der Waals surface area (Å²) in [6, 6.07) is 1.79. The van der Waals surface area contributed by atoms with Crippen molar-refractivity contribution in [3.8, 4) is 5.75 Å². The SMILES string of the molecule is CCOc1cncc(C(=O)CC2CCNCC2)c1. The lowest BCUT2D eigenvalue weighted by Crippen LogP contribution is -2.28. The average Bonchev–Trinajstić information content (AvgIpc) is 2.40. The minimum atomic E-state index is 0.177. The molecule has 1 aliphatic rings. The average molecular weight is 248 g/mol. The molecule has 0 aliphatic carbocycles. The highest BCUT2D eigenvalue weighted by Gasteiger charge is 2.18. The molecule has 0 bridgehead atoms. The van der Waals surface area contributed by atoms with E-state index < -0.39 is 0 Å². The predicted octanol–water partition coefficient (Wildman–Crippen LogP) is 2.05. The van der Waals surface area contributed by atoms with Gasteiger partial charge in [-0.25, -0.2) is 0 Å². The lowest BCUT2D eigenvalue weighted by Gasteiger charge is -2.21. The molecule has 0 aromatic carbocycles. The lowest BCUT2D eigenvalue weighted by atomic mass is 9.91. The van der Waals surface area contributed by atoms with Gasteiger partial charge in [-0.3, -0.25) is 9.78 Å². The molecule has 0 unspecified atom stereocenters. The topological polar surface area (TPSA) is 51.2 Å². The maximum absolute atomic E-state index is 12.2. The van der Waals surface area contributed by atoms with Crippen LogP contribution in [0, 0.1) is 5.92 Å². The van der Waals surface area contributed by atoms with Crippen LogP contribution in [0.2, 0.25) is 0 Å². The van der Waals surface area contributed by atoms with Crippen molar-refractivity contribution in [3.05, 3.63) is 24.0 Å². The van der Waals surface area contributed by atoms with Crippen molar-refractivity contribution in [1.82, 2.24) is 10.3 Å². The molecular weight excluding hydrogens is 228 g/mol. The number of hydrogen-bond acceptors (Lipinski definition) is 4. The number of pyridine rings is 1. The molecule has 18 heavy (non-hydrogen) atoms. The quantitative estimate of drug-likeness (QED) is 0.810. The summed E-state index contributed by atoms with van der Waals surface area (Å²) in [5.74, 6) is 1.36. The van der Waals surface area contributed by atoms with Crippen molar-refractivity contribution in [3.63, 3.8) is 0 Å². The number of Topliss-reactive ketones (excluding diaryl/α,β-unsaturated/α-hetero) is 1. The molecule has 2 heterocycles. The number of carbonyl (C=O) groups excluding carboxylic acids is 1. The van der Waals surface area contributed by atoms with Crippen molar-refractivity contribution >= 4 is 5.78 Å². The molecule has 0 radical (unpaired) electrons. The highest BCUT2D eigenvalue weighted by Crippen LogP contribution is 2.20. The van der Waals surface area contributed by atoms with E-state index in [2.05, 4.69) is 10.3 Å². The Bertz CT molecular complexity index is 401. The molecule has 1 N–H and O–H groups in total. The Morgan fingerprint density at radius 2 is 2.22 bits per heavy atom. The Balaban J connectivity index is 1.96. The Kier molecular flexibility index (Phi) is 4.70. The number of ketones is 1. The van der Waals surface area contributed by atoms with E-state index in [0.717, 1.165) is 25.9 Å². The summed E-state index contributed by atoms with van der Waals surface area (Å²) >= 11 is 0. The molecule has 1 aliphatic heterocycles. The zero-order valence-electron chi connectivity index (χ0n) is 10.8. The van der Waals surface area contributed by atoms with Crippen LogP contribution in [0.25, 0.3) is 0 Å². The van der Waals surface area contributed by atoms with Crippen LogP contribution < -0.4 is 10.1 Å². The molecule has 4 heteroatoms. The van der Waals surface area contributed by atoms with Gasteiger partial charge in [0.15, 0.2) is 5.78 Å². The molecule has 98 valence electrons. The first-order valence-corrected chi connectivity index (χ1v) is 6.61. The molecular formula is C14H20N2O2. The molecule has 1 aromatic heterocycles. The lowest BCUT2D eigenvalue weighted by molar-refractivity contribution is 0.0951. The standard InChI is InChI=1S/C14H20N2O2/c1-2-18-13-8-12(9-16-10-13)14(17)7-11-3-5-15-6-4-11/h8-11,15H,2-7H2,1H3. The summed E-state index contributed by atoms with van der Waals surface area (Å²) in [5.41, 5.74) is 0.666. The van der Waals surface area contributed by atoms with Gasteiger partial charge in [-0.2, -0.15) is 0 Å². The summed E-state index contributed by atoms with van der Waals surface area (Å²) in [6.07, 6.45) is 6.07. The molecule has 0 atom stereocenters. The van der Waals surface area contributed by atoms with Crippen molar-refractivity contribution in [1.29, 1.82) is 0 Å². The van der Waals surface area contributed by atoms with Gasteiger partial charge in [-0.1, -0.05) is 0 Å². The number of rotatable bonds is 5. The van der Waals surface area contributed by atoms with Crippen LogP contribution in [0.4, 0.5) is 0 Å². The van der Waals surface area contributed by atoms with Gasteiger partial charge in [0.1, 0.15) is 5.75 Å². The number of aromatic nitrogens is 1. The van der Waals surface area contributed by atoms with Crippen molar-refractivity contribution in [2.24, 2.45) is 5.92 Å². The van der Waals surface area contributed by atoms with Crippen LogP contribution in [0.1, 0.15) is 36.5 Å². The molecule has 1 fully saturated rings. The third kappa shape index (κ3) is 3.53. The monoisotopic (exact) mass is 248 g/mol. The second kappa shape index (κ2) is 6.50. The second-order valence-electron chi connectivity index (χ2n) is 4.66. The van der Waals surface area contributed by atoms with Crippen molar-refractivity contribution < 1.29 is 9.53 Å². The van der Waals surface area contributed by atoms with E-state index in [-0.39, 0.29) is 5.78 Å². The zero-order chi connectivity index (χ0) is 12.8. The Morgan fingerprint density at radius 3 is 2.94 bits per heavy atom. The van der Waals surface area contributed by atoms with E-state index in [1.54, 1.807) is 18.5 Å². The molecule has 1 aromatic rings. The van der Waals surface area contributed by atoms with Gasteiger partial charge in [-0.05, 0) is 44.8 Å². The van der Waals surface area contributed by atoms with E-state index in [1.807, 2.05) is 6.92 Å². The summed E-state index contributed by atoms with van der Waals surface area (Å²) < 4.78 is 5.36. The first kappa shape index (κ1) is 13.0. The summed E-state index contributed by atoms with van der Waals surface area (Å²) in [6.45, 7) is 4.56. The molecule has 1 saturated heterocycles. The Hall–Kier alpha value is -1.42. The van der Waals surface area contributed by atoms with E-state index >= 15 is 0 Å². The number of carbonyl (C=O) groups is 1. The van der Waals surface area contributed by atoms with E-state index in [0.29, 0.717) is 30.3 Å². The number of ether oxygens (including phenoxy) is 1. The van der Waals surface area contributed by atoms with Gasteiger partial charge in [0, 0.05) is 18.2 Å². The normalized spacial score (nSPS) is 16.5. The summed E-state index contributed by atoms with van der Waals surface area (Å²) in [5, 5.41) is 3.31. The number of piperidine rings is 1. The van der Waals surface area contributed by atoms with Gasteiger partial charge >= 0.3 is 0 Å². The maximum atomic E-state index is 12.2. The van der Waals surface area contributed by atoms with Gasteiger partial charge in [0.2, 0.25) is 0 Å².